The molecular formula is C13H11N3O. The van der Waals surface area contributed by atoms with Crippen molar-refractivity contribution in [3.63, 3.8) is 0 Å². The molecular weight excluding hydrogens is 214 g/mol. The molecule has 2 aromatic rings. The highest BCUT2D eigenvalue weighted by molar-refractivity contribution is 6.35. The van der Waals surface area contributed by atoms with E-state index in [1.54, 1.807) is 24.4 Å². The van der Waals surface area contributed by atoms with Crippen LogP contribution in [0.3, 0.4) is 0 Å². The lowest BCUT2D eigenvalue weighted by Gasteiger charge is -1.97. The summed E-state index contributed by atoms with van der Waals surface area (Å²) >= 11 is 0. The second-order valence-electron chi connectivity index (χ2n) is 3.32. The largest absolute Gasteiger partial charge is 0.287 e. The minimum absolute atomic E-state index is 0.144. The average Bonchev–Trinajstić information content (AvgIpc) is 2.41. The molecule has 84 valence electrons. The van der Waals surface area contributed by atoms with Gasteiger partial charge in [-0.1, -0.05) is 36.4 Å². The zero-order chi connectivity index (χ0) is 11.9. The summed E-state index contributed by atoms with van der Waals surface area (Å²) in [6.07, 6.45) is 2.89. The lowest BCUT2D eigenvalue weighted by atomic mass is 10.1. The van der Waals surface area contributed by atoms with Crippen molar-refractivity contribution in [2.75, 3.05) is 5.43 Å². The normalized spacial score (nSPS) is 10.4. The summed E-state index contributed by atoms with van der Waals surface area (Å²) in [4.78, 5) is 15.6. The van der Waals surface area contributed by atoms with Crippen molar-refractivity contribution in [3.05, 3.63) is 60.3 Å². The van der Waals surface area contributed by atoms with E-state index in [2.05, 4.69) is 15.5 Å². The molecule has 0 amide bonds. The minimum Gasteiger partial charge on any atom is -0.287 e. The van der Waals surface area contributed by atoms with Crippen LogP contribution in [0.1, 0.15) is 10.4 Å². The number of Topliss-reactive ketones (excluding diaryl/α,β-unsaturated/α-hetero) is 1. The molecule has 1 aromatic carbocycles. The summed E-state index contributed by atoms with van der Waals surface area (Å²) in [5.74, 6) is 0.457. The molecule has 0 fully saturated rings. The third-order valence-electron chi connectivity index (χ3n) is 2.08. The van der Waals surface area contributed by atoms with E-state index in [-0.39, 0.29) is 5.78 Å². The first-order valence-electron chi connectivity index (χ1n) is 5.16. The zero-order valence-electron chi connectivity index (χ0n) is 9.08. The number of anilines is 1. The van der Waals surface area contributed by atoms with E-state index in [4.69, 9.17) is 0 Å². The molecule has 4 nitrogen and oxygen atoms in total. The van der Waals surface area contributed by atoms with Crippen LogP contribution in [0.4, 0.5) is 5.82 Å². The van der Waals surface area contributed by atoms with Crippen LogP contribution >= 0.6 is 0 Å². The Morgan fingerprint density at radius 3 is 2.59 bits per heavy atom. The number of carbonyl (C=O) groups is 1. The topological polar surface area (TPSA) is 54.4 Å². The number of aromatic nitrogens is 1. The fourth-order valence-electron chi connectivity index (χ4n) is 1.26. The second kappa shape index (κ2) is 5.55. The summed E-state index contributed by atoms with van der Waals surface area (Å²) in [6, 6.07) is 14.4. The van der Waals surface area contributed by atoms with Crippen LogP contribution in [0.2, 0.25) is 0 Å². The summed E-state index contributed by atoms with van der Waals surface area (Å²) in [5.41, 5.74) is 3.29. The number of ketones is 1. The van der Waals surface area contributed by atoms with Gasteiger partial charge in [0.2, 0.25) is 5.78 Å². The Morgan fingerprint density at radius 2 is 1.88 bits per heavy atom. The van der Waals surface area contributed by atoms with E-state index in [1.807, 2.05) is 30.3 Å². The molecule has 4 heteroatoms. The highest BCUT2D eigenvalue weighted by Gasteiger charge is 1.99. The highest BCUT2D eigenvalue weighted by atomic mass is 16.1. The predicted molar refractivity (Wildman–Crippen MR) is 67.1 cm³/mol. The molecule has 2 rings (SSSR count). The van der Waals surface area contributed by atoms with Crippen LogP contribution in [0.15, 0.2) is 59.8 Å². The molecule has 0 atom stereocenters. The van der Waals surface area contributed by atoms with Gasteiger partial charge in [0.05, 0.1) is 6.21 Å². The van der Waals surface area contributed by atoms with Crippen LogP contribution in [-0.2, 0) is 0 Å². The summed E-state index contributed by atoms with van der Waals surface area (Å²) in [6.45, 7) is 0. The number of nitrogens with zero attached hydrogens (tertiary/aromatic N) is 2. The van der Waals surface area contributed by atoms with E-state index in [0.29, 0.717) is 11.4 Å². The molecule has 17 heavy (non-hydrogen) atoms. The molecule has 1 N–H and O–H groups in total. The monoisotopic (exact) mass is 225 g/mol. The van der Waals surface area contributed by atoms with Crippen LogP contribution in [0, 0.1) is 0 Å². The molecule has 0 saturated carbocycles. The number of pyridine rings is 1. The lowest BCUT2D eigenvalue weighted by Crippen LogP contribution is -2.02. The quantitative estimate of drug-likeness (QED) is 0.493. The van der Waals surface area contributed by atoms with Gasteiger partial charge in [0.15, 0.2) is 0 Å². The van der Waals surface area contributed by atoms with Gasteiger partial charge in [-0.2, -0.15) is 5.10 Å². The van der Waals surface area contributed by atoms with Gasteiger partial charge in [-0.15, -0.1) is 0 Å². The third kappa shape index (κ3) is 3.24. The van der Waals surface area contributed by atoms with Gasteiger partial charge in [-0.3, -0.25) is 10.2 Å². The Balaban J connectivity index is 1.96. The second-order valence-corrected chi connectivity index (χ2v) is 3.32. The molecule has 1 aromatic heterocycles. The fraction of sp³-hybridized carbons (Fsp3) is 0. The maximum Gasteiger partial charge on any atom is 0.205 e. The van der Waals surface area contributed by atoms with Gasteiger partial charge >= 0.3 is 0 Å². The molecule has 0 bridgehead atoms. The summed E-state index contributed by atoms with van der Waals surface area (Å²) < 4.78 is 0. The smallest absolute Gasteiger partial charge is 0.205 e. The number of hydrazone groups is 1. The number of benzene rings is 1. The van der Waals surface area contributed by atoms with Crippen LogP contribution in [0.5, 0.6) is 0 Å². The van der Waals surface area contributed by atoms with Gasteiger partial charge in [-0.25, -0.2) is 4.98 Å². The molecule has 0 unspecified atom stereocenters. The predicted octanol–water partition coefficient (Wildman–Crippen LogP) is 2.36. The van der Waals surface area contributed by atoms with Crippen molar-refractivity contribution in [3.8, 4) is 0 Å². The van der Waals surface area contributed by atoms with E-state index < -0.39 is 0 Å². The zero-order valence-corrected chi connectivity index (χ0v) is 9.08. The first kappa shape index (κ1) is 11.0. The van der Waals surface area contributed by atoms with Crippen LogP contribution < -0.4 is 5.43 Å². The molecule has 0 spiro atoms. The van der Waals surface area contributed by atoms with E-state index in [9.17, 15) is 4.79 Å². The average molecular weight is 225 g/mol. The summed E-state index contributed by atoms with van der Waals surface area (Å²) in [5, 5.41) is 3.83. The van der Waals surface area contributed by atoms with Gasteiger partial charge in [0, 0.05) is 11.8 Å². The van der Waals surface area contributed by atoms with Crippen LogP contribution in [0.25, 0.3) is 0 Å². The van der Waals surface area contributed by atoms with E-state index >= 15 is 0 Å². The van der Waals surface area contributed by atoms with Gasteiger partial charge in [-0.05, 0) is 12.1 Å². The van der Waals surface area contributed by atoms with Crippen LogP contribution in [-0.4, -0.2) is 17.0 Å². The number of carbonyl (C=O) groups excluding carboxylic acids is 1. The number of rotatable bonds is 4. The Labute approximate surface area is 99.0 Å². The van der Waals surface area contributed by atoms with Crippen molar-refractivity contribution in [2.24, 2.45) is 5.10 Å². The van der Waals surface area contributed by atoms with Crippen molar-refractivity contribution in [1.29, 1.82) is 0 Å². The van der Waals surface area contributed by atoms with Crippen molar-refractivity contribution in [1.82, 2.24) is 4.98 Å². The first-order chi connectivity index (χ1) is 8.36. The number of hydrogen-bond acceptors (Lipinski definition) is 4. The number of hydrogen-bond donors (Lipinski definition) is 1. The Bertz CT molecular complexity index is 509. The minimum atomic E-state index is -0.144. The van der Waals surface area contributed by atoms with E-state index in [1.165, 1.54) is 6.21 Å². The summed E-state index contributed by atoms with van der Waals surface area (Å²) in [7, 11) is 0. The van der Waals surface area contributed by atoms with Crippen molar-refractivity contribution >= 4 is 17.8 Å². The third-order valence-corrected chi connectivity index (χ3v) is 2.08. The SMILES string of the molecule is O=C(C=NNc1ccccn1)c1ccccc1. The number of nitrogens with one attached hydrogen (secondary N) is 1. The Hall–Kier alpha value is -2.49. The molecule has 1 heterocycles. The Morgan fingerprint density at radius 1 is 1.12 bits per heavy atom. The lowest BCUT2D eigenvalue weighted by molar-refractivity contribution is 0.107. The standard InChI is InChI=1S/C13H11N3O/c17-12(11-6-2-1-3-7-11)10-15-16-13-8-4-5-9-14-13/h1-10H,(H,14,16). The van der Waals surface area contributed by atoms with Gasteiger partial charge < -0.3 is 0 Å². The molecule has 0 aliphatic heterocycles. The molecule has 0 radical (unpaired) electrons. The van der Waals surface area contributed by atoms with Crippen molar-refractivity contribution in [2.45, 2.75) is 0 Å². The van der Waals surface area contributed by atoms with Crippen molar-refractivity contribution < 1.29 is 4.79 Å². The fourth-order valence-corrected chi connectivity index (χ4v) is 1.26. The highest BCUT2D eigenvalue weighted by Crippen LogP contribution is 2.00. The maximum atomic E-state index is 11.6. The van der Waals surface area contributed by atoms with E-state index in [0.717, 1.165) is 0 Å². The maximum absolute atomic E-state index is 11.6. The molecule has 0 aliphatic carbocycles. The Kier molecular flexibility index (Phi) is 3.60. The first-order valence-corrected chi connectivity index (χ1v) is 5.16. The molecule has 0 saturated heterocycles. The molecule has 0 aliphatic rings. The van der Waals surface area contributed by atoms with Gasteiger partial charge in [0.1, 0.15) is 5.82 Å². The van der Waals surface area contributed by atoms with Gasteiger partial charge in [0.25, 0.3) is 0 Å².